The summed E-state index contributed by atoms with van der Waals surface area (Å²) in [7, 11) is 0. The number of amides is 2. The molecule has 3 aromatic carbocycles. The molecule has 6 heteroatoms. The van der Waals surface area contributed by atoms with Crippen LogP contribution in [0.1, 0.15) is 28.9 Å². The van der Waals surface area contributed by atoms with E-state index in [0.717, 1.165) is 28.5 Å². The molecular weight excluding hydrogens is 350 g/mol. The van der Waals surface area contributed by atoms with Crippen molar-refractivity contribution in [2.75, 3.05) is 6.54 Å². The van der Waals surface area contributed by atoms with Gasteiger partial charge in [-0.05, 0) is 35.4 Å². The van der Waals surface area contributed by atoms with Gasteiger partial charge in [-0.1, -0.05) is 42.5 Å². The van der Waals surface area contributed by atoms with Gasteiger partial charge >= 0.3 is 0 Å². The van der Waals surface area contributed by atoms with E-state index in [1.807, 2.05) is 49.4 Å². The number of rotatable bonds is 5. The minimum absolute atomic E-state index is 0.275. The lowest BCUT2D eigenvalue weighted by Crippen LogP contribution is -2.38. The molecule has 0 saturated heterocycles. The lowest BCUT2D eigenvalue weighted by atomic mass is 10.00. The Kier molecular flexibility index (Phi) is 5.45. The van der Waals surface area contributed by atoms with Crippen LogP contribution >= 0.6 is 0 Å². The van der Waals surface area contributed by atoms with Gasteiger partial charge in [0.25, 0.3) is 5.91 Å². The number of halogens is 2. The minimum atomic E-state index is -0.975. The molecule has 4 nitrogen and oxygen atoms in total. The fraction of sp³-hybridized carbons (Fsp3) is 0.143. The molecule has 0 saturated carbocycles. The molecule has 0 aromatic heterocycles. The minimum Gasteiger partial charge on any atom is -0.348 e. The lowest BCUT2D eigenvalue weighted by molar-refractivity contribution is -0.120. The van der Waals surface area contributed by atoms with Crippen LogP contribution < -0.4 is 10.6 Å². The van der Waals surface area contributed by atoms with Gasteiger partial charge in [0.05, 0.1) is 18.2 Å². The summed E-state index contributed by atoms with van der Waals surface area (Å²) in [5, 5.41) is 7.25. The van der Waals surface area contributed by atoms with E-state index in [1.54, 1.807) is 0 Å². The quantitative estimate of drug-likeness (QED) is 0.721. The van der Waals surface area contributed by atoms with Gasteiger partial charge in [-0.2, -0.15) is 0 Å². The smallest absolute Gasteiger partial charge is 0.254 e. The second-order valence-electron chi connectivity index (χ2n) is 6.16. The molecule has 0 aliphatic heterocycles. The van der Waals surface area contributed by atoms with Crippen molar-refractivity contribution in [3.05, 3.63) is 83.4 Å². The van der Waals surface area contributed by atoms with E-state index in [9.17, 15) is 18.4 Å². The van der Waals surface area contributed by atoms with E-state index in [1.165, 1.54) is 0 Å². The summed E-state index contributed by atoms with van der Waals surface area (Å²) in [6.07, 6.45) is 0. The Morgan fingerprint density at radius 2 is 1.74 bits per heavy atom. The molecule has 1 unspecified atom stereocenters. The molecular formula is C21H18F2N2O2. The molecule has 2 amide bonds. The molecule has 0 fully saturated rings. The zero-order valence-corrected chi connectivity index (χ0v) is 14.6. The van der Waals surface area contributed by atoms with E-state index < -0.39 is 23.4 Å². The molecule has 0 heterocycles. The Balaban J connectivity index is 1.62. The van der Waals surface area contributed by atoms with Crippen molar-refractivity contribution in [3.8, 4) is 0 Å². The summed E-state index contributed by atoms with van der Waals surface area (Å²) in [6, 6.07) is 16.1. The highest BCUT2D eigenvalue weighted by Gasteiger charge is 2.15. The van der Waals surface area contributed by atoms with Crippen molar-refractivity contribution in [2.45, 2.75) is 13.0 Å². The van der Waals surface area contributed by atoms with E-state index in [-0.39, 0.29) is 18.2 Å². The number of carbonyl (C=O) groups excluding carboxylic acids is 2. The van der Waals surface area contributed by atoms with Crippen molar-refractivity contribution in [3.63, 3.8) is 0 Å². The van der Waals surface area contributed by atoms with Crippen molar-refractivity contribution in [2.24, 2.45) is 0 Å². The average Bonchev–Trinajstić information content (AvgIpc) is 2.65. The second-order valence-corrected chi connectivity index (χ2v) is 6.16. The molecule has 1 atom stereocenters. The SMILES string of the molecule is CC(NC(=O)CNC(=O)c1ccc(F)cc1F)c1cccc2ccccc12. The Morgan fingerprint density at radius 3 is 2.52 bits per heavy atom. The van der Waals surface area contributed by atoms with Gasteiger partial charge in [0, 0.05) is 6.07 Å². The Bertz CT molecular complexity index is 999. The highest BCUT2D eigenvalue weighted by atomic mass is 19.1. The van der Waals surface area contributed by atoms with Crippen LogP contribution in [0.25, 0.3) is 10.8 Å². The van der Waals surface area contributed by atoms with Crippen LogP contribution in [0.4, 0.5) is 8.78 Å². The normalized spacial score (nSPS) is 11.8. The third-order valence-electron chi connectivity index (χ3n) is 4.25. The maximum absolute atomic E-state index is 13.6. The first-order valence-electron chi connectivity index (χ1n) is 8.46. The second kappa shape index (κ2) is 7.95. The van der Waals surface area contributed by atoms with Crippen LogP contribution in [0.2, 0.25) is 0 Å². The third kappa shape index (κ3) is 4.28. The largest absolute Gasteiger partial charge is 0.348 e. The monoisotopic (exact) mass is 368 g/mol. The Hall–Kier alpha value is -3.28. The number of hydrogen-bond acceptors (Lipinski definition) is 2. The summed E-state index contributed by atoms with van der Waals surface area (Å²) in [5.74, 6) is -2.94. The Labute approximate surface area is 155 Å². The molecule has 0 spiro atoms. The van der Waals surface area contributed by atoms with Gasteiger partial charge < -0.3 is 10.6 Å². The van der Waals surface area contributed by atoms with E-state index >= 15 is 0 Å². The number of benzene rings is 3. The first-order valence-corrected chi connectivity index (χ1v) is 8.46. The molecule has 0 radical (unpaired) electrons. The Morgan fingerprint density at radius 1 is 1.00 bits per heavy atom. The van der Waals surface area contributed by atoms with Gasteiger partial charge in [-0.25, -0.2) is 8.78 Å². The van der Waals surface area contributed by atoms with Gasteiger partial charge in [-0.3, -0.25) is 9.59 Å². The van der Waals surface area contributed by atoms with E-state index in [2.05, 4.69) is 10.6 Å². The van der Waals surface area contributed by atoms with Crippen LogP contribution in [-0.2, 0) is 4.79 Å². The number of fused-ring (bicyclic) bond motifs is 1. The topological polar surface area (TPSA) is 58.2 Å². The van der Waals surface area contributed by atoms with Crippen molar-refractivity contribution in [1.29, 1.82) is 0 Å². The summed E-state index contributed by atoms with van der Waals surface area (Å²) in [4.78, 5) is 24.1. The average molecular weight is 368 g/mol. The molecule has 0 bridgehead atoms. The van der Waals surface area contributed by atoms with Crippen LogP contribution in [0.3, 0.4) is 0 Å². The third-order valence-corrected chi connectivity index (χ3v) is 4.25. The summed E-state index contributed by atoms with van der Waals surface area (Å²) >= 11 is 0. The molecule has 27 heavy (non-hydrogen) atoms. The lowest BCUT2D eigenvalue weighted by Gasteiger charge is -2.17. The molecule has 2 N–H and O–H groups in total. The van der Waals surface area contributed by atoms with Crippen molar-refractivity contribution in [1.82, 2.24) is 10.6 Å². The van der Waals surface area contributed by atoms with Crippen molar-refractivity contribution < 1.29 is 18.4 Å². The first-order chi connectivity index (χ1) is 13.0. The molecule has 138 valence electrons. The van der Waals surface area contributed by atoms with Gasteiger partial charge in [0.15, 0.2) is 0 Å². The van der Waals surface area contributed by atoms with E-state index in [0.29, 0.717) is 6.07 Å². The van der Waals surface area contributed by atoms with Crippen LogP contribution in [-0.4, -0.2) is 18.4 Å². The maximum atomic E-state index is 13.6. The van der Waals surface area contributed by atoms with Crippen molar-refractivity contribution >= 4 is 22.6 Å². The number of nitrogens with one attached hydrogen (secondary N) is 2. The first kappa shape index (κ1) is 18.5. The van der Waals surface area contributed by atoms with Crippen LogP contribution in [0, 0.1) is 11.6 Å². The number of hydrogen-bond donors (Lipinski definition) is 2. The summed E-state index contributed by atoms with van der Waals surface area (Å²) in [6.45, 7) is 1.53. The van der Waals surface area contributed by atoms with E-state index in [4.69, 9.17) is 0 Å². The number of carbonyl (C=O) groups is 2. The molecule has 3 rings (SSSR count). The van der Waals surface area contributed by atoms with Gasteiger partial charge in [-0.15, -0.1) is 0 Å². The predicted octanol–water partition coefficient (Wildman–Crippen LogP) is 3.73. The standard InChI is InChI=1S/C21H18F2N2O2/c1-13(16-8-4-6-14-5-2-3-7-17(14)16)25-20(26)12-24-21(27)18-10-9-15(22)11-19(18)23/h2-11,13H,12H2,1H3,(H,24,27)(H,25,26). The summed E-state index contributed by atoms with van der Waals surface area (Å²) < 4.78 is 26.5. The van der Waals surface area contributed by atoms with Gasteiger partial charge in [0.2, 0.25) is 5.91 Å². The molecule has 0 aliphatic carbocycles. The fourth-order valence-electron chi connectivity index (χ4n) is 2.93. The fourth-order valence-corrected chi connectivity index (χ4v) is 2.93. The molecule has 0 aliphatic rings. The zero-order chi connectivity index (χ0) is 19.4. The van der Waals surface area contributed by atoms with Gasteiger partial charge in [0.1, 0.15) is 11.6 Å². The highest BCUT2D eigenvalue weighted by Crippen LogP contribution is 2.23. The molecule has 3 aromatic rings. The maximum Gasteiger partial charge on any atom is 0.254 e. The predicted molar refractivity (Wildman–Crippen MR) is 99.2 cm³/mol. The zero-order valence-electron chi connectivity index (χ0n) is 14.6. The summed E-state index contributed by atoms with van der Waals surface area (Å²) in [5.41, 5.74) is 0.642. The van der Waals surface area contributed by atoms with Crippen LogP contribution in [0.15, 0.2) is 60.7 Å². The van der Waals surface area contributed by atoms with Crippen LogP contribution in [0.5, 0.6) is 0 Å². The highest BCUT2D eigenvalue weighted by molar-refractivity contribution is 5.96.